The Morgan fingerprint density at radius 1 is 1.14 bits per heavy atom. The normalized spacial score (nSPS) is 10.4. The molecular formula is C13H18N2O5S. The minimum Gasteiger partial charge on any atom is -0.446 e. The van der Waals surface area contributed by atoms with Crippen LogP contribution < -0.4 is 5.43 Å². The number of ether oxygens (including phenoxy) is 2. The Bertz CT molecular complexity index is 499. The average Bonchev–Trinajstić information content (AvgIpc) is 2.86. The molecule has 7 nitrogen and oxygen atoms in total. The maximum Gasteiger partial charge on any atom is 0.436 e. The number of hydrazine groups is 1. The number of hydrogen-bond donors (Lipinski definition) is 1. The number of thiophene rings is 1. The minimum absolute atomic E-state index is 0.269. The first-order valence-electron chi connectivity index (χ1n) is 6.35. The van der Waals surface area contributed by atoms with E-state index in [1.165, 1.54) is 17.4 Å². The van der Waals surface area contributed by atoms with Gasteiger partial charge in [-0.2, -0.15) is 11.3 Å². The summed E-state index contributed by atoms with van der Waals surface area (Å²) in [6, 6.07) is 1.54. The van der Waals surface area contributed by atoms with Crippen LogP contribution in [0.2, 0.25) is 0 Å². The Kier molecular flexibility index (Phi) is 6.16. The lowest BCUT2D eigenvalue weighted by molar-refractivity contribution is 0.0383. The molecule has 116 valence electrons. The highest BCUT2D eigenvalue weighted by Gasteiger charge is 2.28. The molecule has 0 spiro atoms. The van der Waals surface area contributed by atoms with Crippen LogP contribution in [0, 0.1) is 0 Å². The number of imide groups is 1. The molecule has 0 aliphatic carbocycles. The van der Waals surface area contributed by atoms with Gasteiger partial charge in [0.15, 0.2) is 0 Å². The van der Waals surface area contributed by atoms with E-state index >= 15 is 0 Å². The zero-order chi connectivity index (χ0) is 16.0. The van der Waals surface area contributed by atoms with Gasteiger partial charge in [-0.15, -0.1) is 5.01 Å². The predicted molar refractivity (Wildman–Crippen MR) is 76.9 cm³/mol. The fourth-order valence-electron chi connectivity index (χ4n) is 1.28. The molecule has 0 aromatic carbocycles. The highest BCUT2D eigenvalue weighted by atomic mass is 32.1. The van der Waals surface area contributed by atoms with Gasteiger partial charge in [-0.05, 0) is 39.1 Å². The molecule has 1 aromatic heterocycles. The van der Waals surface area contributed by atoms with Crippen molar-refractivity contribution in [2.24, 2.45) is 0 Å². The first kappa shape index (κ1) is 17.0. The van der Waals surface area contributed by atoms with Gasteiger partial charge in [0.25, 0.3) is 5.91 Å². The maximum absolute atomic E-state index is 12.2. The van der Waals surface area contributed by atoms with Gasteiger partial charge >= 0.3 is 12.2 Å². The number of hydrogen-bond acceptors (Lipinski definition) is 6. The molecule has 0 atom stereocenters. The number of nitrogens with zero attached hydrogens (tertiary/aromatic N) is 1. The van der Waals surface area contributed by atoms with Crippen LogP contribution in [0.1, 0.15) is 38.1 Å². The van der Waals surface area contributed by atoms with Gasteiger partial charge in [-0.3, -0.25) is 4.79 Å². The zero-order valence-electron chi connectivity index (χ0n) is 12.3. The summed E-state index contributed by atoms with van der Waals surface area (Å²) in [5.41, 5.74) is 2.36. The second kappa shape index (κ2) is 7.63. The summed E-state index contributed by atoms with van der Waals surface area (Å²) >= 11 is 1.30. The highest BCUT2D eigenvalue weighted by Crippen LogP contribution is 2.10. The van der Waals surface area contributed by atoms with Gasteiger partial charge in [0.1, 0.15) is 0 Å². The molecule has 21 heavy (non-hydrogen) atoms. The second-order valence-corrected chi connectivity index (χ2v) is 5.43. The van der Waals surface area contributed by atoms with Crippen molar-refractivity contribution in [2.45, 2.75) is 39.9 Å². The molecule has 0 saturated heterocycles. The van der Waals surface area contributed by atoms with Gasteiger partial charge in [0.2, 0.25) is 0 Å². The van der Waals surface area contributed by atoms with E-state index in [2.05, 4.69) is 5.43 Å². The molecule has 8 heteroatoms. The smallest absolute Gasteiger partial charge is 0.436 e. The van der Waals surface area contributed by atoms with E-state index in [0.29, 0.717) is 5.01 Å². The van der Waals surface area contributed by atoms with E-state index in [9.17, 15) is 14.4 Å². The average molecular weight is 314 g/mol. The fraction of sp³-hybridized carbons (Fsp3) is 0.462. The van der Waals surface area contributed by atoms with Gasteiger partial charge < -0.3 is 9.47 Å². The van der Waals surface area contributed by atoms with Crippen molar-refractivity contribution in [1.29, 1.82) is 0 Å². The first-order chi connectivity index (χ1) is 9.81. The standard InChI is InChI=1S/C13H18N2O5S/c1-8(2)19-12(17)14-15(13(18)20-9(3)4)11(16)10-5-6-21-7-10/h5-9H,1-4H3,(H,14,17). The largest absolute Gasteiger partial charge is 0.446 e. The lowest BCUT2D eigenvalue weighted by atomic mass is 10.3. The third-order valence-electron chi connectivity index (χ3n) is 2.04. The number of amides is 3. The van der Waals surface area contributed by atoms with Gasteiger partial charge in [0.05, 0.1) is 17.8 Å². The van der Waals surface area contributed by atoms with Crippen molar-refractivity contribution in [2.75, 3.05) is 0 Å². The van der Waals surface area contributed by atoms with Gasteiger partial charge in [0, 0.05) is 5.38 Å². The van der Waals surface area contributed by atoms with E-state index in [1.54, 1.807) is 38.5 Å². The summed E-state index contributed by atoms with van der Waals surface area (Å²) in [5, 5.41) is 3.76. The van der Waals surface area contributed by atoms with E-state index in [0.717, 1.165) is 0 Å². The molecule has 0 saturated carbocycles. The molecule has 0 fully saturated rings. The van der Waals surface area contributed by atoms with E-state index in [1.807, 2.05) is 0 Å². The Morgan fingerprint density at radius 3 is 2.24 bits per heavy atom. The molecular weight excluding hydrogens is 296 g/mol. The summed E-state index contributed by atoms with van der Waals surface area (Å²) in [6.07, 6.45) is -2.70. The van der Waals surface area contributed by atoms with Crippen LogP contribution in [0.5, 0.6) is 0 Å². The van der Waals surface area contributed by atoms with Crippen molar-refractivity contribution in [3.63, 3.8) is 0 Å². The molecule has 1 aromatic rings. The third kappa shape index (κ3) is 5.42. The SMILES string of the molecule is CC(C)OC(=O)NN(C(=O)OC(C)C)C(=O)c1ccsc1. The molecule has 0 unspecified atom stereocenters. The highest BCUT2D eigenvalue weighted by molar-refractivity contribution is 7.08. The fourth-order valence-corrected chi connectivity index (χ4v) is 1.91. The van der Waals surface area contributed by atoms with Crippen molar-refractivity contribution in [1.82, 2.24) is 10.4 Å². The number of carbonyl (C=O) groups excluding carboxylic acids is 3. The topological polar surface area (TPSA) is 84.9 Å². The Hall–Kier alpha value is -2.09. The monoisotopic (exact) mass is 314 g/mol. The molecule has 0 radical (unpaired) electrons. The summed E-state index contributed by atoms with van der Waals surface area (Å²) in [5.74, 6) is -0.692. The number of carbonyl (C=O) groups is 3. The molecule has 0 aliphatic rings. The minimum atomic E-state index is -0.970. The van der Waals surface area contributed by atoms with E-state index < -0.39 is 24.2 Å². The summed E-state index contributed by atoms with van der Waals surface area (Å²) in [6.45, 7) is 6.57. The first-order valence-corrected chi connectivity index (χ1v) is 7.30. The molecule has 0 aliphatic heterocycles. The Balaban J connectivity index is 2.86. The second-order valence-electron chi connectivity index (χ2n) is 4.65. The third-order valence-corrected chi connectivity index (χ3v) is 2.72. The van der Waals surface area contributed by atoms with Crippen LogP contribution in [0.15, 0.2) is 16.8 Å². The predicted octanol–water partition coefficient (Wildman–Crippen LogP) is 2.78. The van der Waals surface area contributed by atoms with Gasteiger partial charge in [-0.1, -0.05) is 0 Å². The maximum atomic E-state index is 12.2. The molecule has 1 heterocycles. The quantitative estimate of drug-likeness (QED) is 0.867. The van der Waals surface area contributed by atoms with Crippen LogP contribution in [0.3, 0.4) is 0 Å². The molecule has 1 rings (SSSR count). The summed E-state index contributed by atoms with van der Waals surface area (Å²) in [4.78, 5) is 35.7. The van der Waals surface area contributed by atoms with Crippen LogP contribution in [0.4, 0.5) is 9.59 Å². The van der Waals surface area contributed by atoms with Crippen LogP contribution in [-0.2, 0) is 9.47 Å². The lowest BCUT2D eigenvalue weighted by Crippen LogP contribution is -2.51. The Labute approximate surface area is 126 Å². The van der Waals surface area contributed by atoms with Crippen LogP contribution >= 0.6 is 11.3 Å². The zero-order valence-corrected chi connectivity index (χ0v) is 13.1. The summed E-state index contributed by atoms with van der Waals surface area (Å²) < 4.78 is 9.79. The number of nitrogens with one attached hydrogen (secondary N) is 1. The van der Waals surface area contributed by atoms with Crippen molar-refractivity contribution >= 4 is 29.4 Å². The van der Waals surface area contributed by atoms with Crippen LogP contribution in [0.25, 0.3) is 0 Å². The van der Waals surface area contributed by atoms with Crippen LogP contribution in [-0.4, -0.2) is 35.3 Å². The van der Waals surface area contributed by atoms with Crippen molar-refractivity contribution < 1.29 is 23.9 Å². The van der Waals surface area contributed by atoms with Crippen molar-refractivity contribution in [3.05, 3.63) is 22.4 Å². The Morgan fingerprint density at radius 2 is 1.76 bits per heavy atom. The molecule has 0 bridgehead atoms. The molecule has 3 amide bonds. The number of rotatable bonds is 3. The lowest BCUT2D eigenvalue weighted by Gasteiger charge is -2.22. The molecule has 1 N–H and O–H groups in total. The van der Waals surface area contributed by atoms with E-state index in [-0.39, 0.29) is 11.7 Å². The van der Waals surface area contributed by atoms with Gasteiger partial charge in [-0.25, -0.2) is 15.0 Å². The van der Waals surface area contributed by atoms with E-state index in [4.69, 9.17) is 9.47 Å². The summed E-state index contributed by atoms with van der Waals surface area (Å²) in [7, 11) is 0. The van der Waals surface area contributed by atoms with Crippen molar-refractivity contribution in [3.8, 4) is 0 Å².